The van der Waals surface area contributed by atoms with Crippen LogP contribution in [0, 0.1) is 13.8 Å². The van der Waals surface area contributed by atoms with Crippen LogP contribution in [-0.4, -0.2) is 20.7 Å². The maximum Gasteiger partial charge on any atom is 0.198 e. The molecule has 0 aliphatic heterocycles. The third-order valence-electron chi connectivity index (χ3n) is 4.10. The zero-order valence-corrected chi connectivity index (χ0v) is 13.8. The number of nitrogens with zero attached hydrogens (tertiary/aromatic N) is 4. The van der Waals surface area contributed by atoms with E-state index >= 15 is 0 Å². The van der Waals surface area contributed by atoms with Gasteiger partial charge < -0.3 is 5.11 Å². The summed E-state index contributed by atoms with van der Waals surface area (Å²) in [6.07, 6.45) is 3.17. The number of carbonyl (C=O) groups excluding carboxylic acids is 1. The monoisotopic (exact) mass is 322 g/mol. The highest BCUT2D eigenvalue weighted by Gasteiger charge is 2.31. The van der Waals surface area contributed by atoms with E-state index in [0.29, 0.717) is 5.69 Å². The molecule has 1 aromatic heterocycles. The Morgan fingerprint density at radius 2 is 1.88 bits per heavy atom. The van der Waals surface area contributed by atoms with Gasteiger partial charge in [-0.25, -0.2) is 0 Å². The summed E-state index contributed by atoms with van der Waals surface area (Å²) in [5.41, 5.74) is 3.13. The summed E-state index contributed by atoms with van der Waals surface area (Å²) in [7, 11) is 1.84. The first-order valence-electron chi connectivity index (χ1n) is 7.61. The lowest BCUT2D eigenvalue weighted by atomic mass is 9.88. The molecule has 122 valence electrons. The number of azo groups is 1. The van der Waals surface area contributed by atoms with Crippen LogP contribution < -0.4 is 0 Å². The van der Waals surface area contributed by atoms with E-state index in [1.54, 1.807) is 22.9 Å². The molecule has 0 fully saturated rings. The predicted molar refractivity (Wildman–Crippen MR) is 90.2 cm³/mol. The van der Waals surface area contributed by atoms with Crippen LogP contribution in [0.5, 0.6) is 0 Å². The molecule has 3 rings (SSSR count). The molecular weight excluding hydrogens is 304 g/mol. The van der Waals surface area contributed by atoms with Gasteiger partial charge in [-0.1, -0.05) is 24.3 Å². The molecule has 2 aromatic rings. The summed E-state index contributed by atoms with van der Waals surface area (Å²) in [6.45, 7) is 3.78. The molecule has 24 heavy (non-hydrogen) atoms. The van der Waals surface area contributed by atoms with Gasteiger partial charge in [-0.3, -0.25) is 9.48 Å². The average molecular weight is 322 g/mol. The standard InChI is InChI=1S/C18H18N4O2/c1-11-16(12(2)22(3)21-11)14-9-10-15(23)17(18(14)24)20-19-13-7-5-4-6-8-13/h4-10,14,23H,1-3H3. The highest BCUT2D eigenvalue weighted by Crippen LogP contribution is 2.32. The highest BCUT2D eigenvalue weighted by atomic mass is 16.3. The van der Waals surface area contributed by atoms with Crippen LogP contribution in [0.15, 0.2) is 64.2 Å². The smallest absolute Gasteiger partial charge is 0.198 e. The first-order valence-corrected chi connectivity index (χ1v) is 7.61. The number of aliphatic hydroxyl groups excluding tert-OH is 1. The lowest BCUT2D eigenvalue weighted by Crippen LogP contribution is -2.18. The Bertz CT molecular complexity index is 876. The van der Waals surface area contributed by atoms with Gasteiger partial charge in [0.2, 0.25) is 0 Å². The summed E-state index contributed by atoms with van der Waals surface area (Å²) in [6, 6.07) is 9.08. The Morgan fingerprint density at radius 1 is 1.17 bits per heavy atom. The molecule has 1 atom stereocenters. The van der Waals surface area contributed by atoms with Gasteiger partial charge in [0, 0.05) is 18.3 Å². The Morgan fingerprint density at radius 3 is 2.50 bits per heavy atom. The second kappa shape index (κ2) is 6.23. The quantitative estimate of drug-likeness (QED) is 0.872. The van der Waals surface area contributed by atoms with E-state index in [2.05, 4.69) is 15.3 Å². The molecule has 1 heterocycles. The van der Waals surface area contributed by atoms with Crippen LogP contribution in [0.2, 0.25) is 0 Å². The summed E-state index contributed by atoms with van der Waals surface area (Å²) in [4.78, 5) is 12.8. The van der Waals surface area contributed by atoms with Gasteiger partial charge in [0.1, 0.15) is 5.76 Å². The topological polar surface area (TPSA) is 79.8 Å². The third-order valence-corrected chi connectivity index (χ3v) is 4.10. The first kappa shape index (κ1) is 15.9. The fraction of sp³-hybridized carbons (Fsp3) is 0.222. The van der Waals surface area contributed by atoms with E-state index < -0.39 is 5.92 Å². The van der Waals surface area contributed by atoms with Gasteiger partial charge in [0.05, 0.1) is 17.3 Å². The van der Waals surface area contributed by atoms with Crippen molar-refractivity contribution in [3.63, 3.8) is 0 Å². The Hall–Kier alpha value is -3.02. The number of ketones is 1. The number of aromatic nitrogens is 2. The number of rotatable bonds is 3. The second-order valence-electron chi connectivity index (χ2n) is 5.68. The molecule has 1 aliphatic carbocycles. The van der Waals surface area contributed by atoms with Crippen molar-refractivity contribution in [2.45, 2.75) is 19.8 Å². The van der Waals surface area contributed by atoms with Gasteiger partial charge in [-0.05, 0) is 32.1 Å². The second-order valence-corrected chi connectivity index (χ2v) is 5.68. The minimum atomic E-state index is -0.515. The molecule has 1 N–H and O–H groups in total. The molecule has 6 nitrogen and oxygen atoms in total. The predicted octanol–water partition coefficient (Wildman–Crippen LogP) is 3.81. The first-order chi connectivity index (χ1) is 11.5. The van der Waals surface area contributed by atoms with Crippen molar-refractivity contribution < 1.29 is 9.90 Å². The van der Waals surface area contributed by atoms with Crippen LogP contribution in [0.3, 0.4) is 0 Å². The van der Waals surface area contributed by atoms with Gasteiger partial charge in [0.25, 0.3) is 0 Å². The normalized spacial score (nSPS) is 18.0. The number of allylic oxidation sites excluding steroid dienone is 3. The van der Waals surface area contributed by atoms with Crippen LogP contribution in [-0.2, 0) is 11.8 Å². The van der Waals surface area contributed by atoms with E-state index in [1.165, 1.54) is 6.08 Å². The van der Waals surface area contributed by atoms with Crippen molar-refractivity contribution in [1.82, 2.24) is 9.78 Å². The van der Waals surface area contributed by atoms with Crippen molar-refractivity contribution in [2.75, 3.05) is 0 Å². The number of carbonyl (C=O) groups is 1. The molecular formula is C18H18N4O2. The molecule has 0 amide bonds. The molecule has 6 heteroatoms. The van der Waals surface area contributed by atoms with Gasteiger partial charge in [0.15, 0.2) is 11.5 Å². The van der Waals surface area contributed by atoms with Crippen molar-refractivity contribution >= 4 is 11.5 Å². The van der Waals surface area contributed by atoms with Crippen molar-refractivity contribution in [1.29, 1.82) is 0 Å². The Labute approximate surface area is 139 Å². The molecule has 0 saturated carbocycles. The number of benzene rings is 1. The summed E-state index contributed by atoms with van der Waals surface area (Å²) < 4.78 is 1.75. The zero-order valence-electron chi connectivity index (χ0n) is 13.8. The Balaban J connectivity index is 1.95. The maximum atomic E-state index is 12.8. The van der Waals surface area contributed by atoms with Crippen molar-refractivity contribution in [2.24, 2.45) is 17.3 Å². The molecule has 0 saturated heterocycles. The lowest BCUT2D eigenvalue weighted by molar-refractivity contribution is -0.116. The van der Waals surface area contributed by atoms with Gasteiger partial charge in [-0.15, -0.1) is 5.11 Å². The van der Waals surface area contributed by atoms with Crippen LogP contribution in [0.25, 0.3) is 0 Å². The number of hydrogen-bond donors (Lipinski definition) is 1. The van der Waals surface area contributed by atoms with E-state index in [4.69, 9.17) is 0 Å². The van der Waals surface area contributed by atoms with E-state index in [1.807, 2.05) is 39.1 Å². The molecule has 1 unspecified atom stereocenters. The van der Waals surface area contributed by atoms with Crippen LogP contribution in [0.1, 0.15) is 22.9 Å². The fourth-order valence-corrected chi connectivity index (χ4v) is 2.80. The minimum absolute atomic E-state index is 0.0333. The van der Waals surface area contributed by atoms with E-state index in [9.17, 15) is 9.90 Å². The summed E-state index contributed by atoms with van der Waals surface area (Å²) in [5, 5.41) is 22.4. The molecule has 0 spiro atoms. The molecule has 0 radical (unpaired) electrons. The van der Waals surface area contributed by atoms with Crippen molar-refractivity contribution in [3.8, 4) is 0 Å². The molecule has 1 aromatic carbocycles. The largest absolute Gasteiger partial charge is 0.505 e. The minimum Gasteiger partial charge on any atom is -0.505 e. The highest BCUT2D eigenvalue weighted by molar-refractivity contribution is 6.03. The average Bonchev–Trinajstić information content (AvgIpc) is 2.82. The van der Waals surface area contributed by atoms with Crippen LogP contribution in [0.4, 0.5) is 5.69 Å². The Kier molecular flexibility index (Phi) is 4.12. The van der Waals surface area contributed by atoms with Gasteiger partial charge >= 0.3 is 0 Å². The van der Waals surface area contributed by atoms with E-state index in [-0.39, 0.29) is 17.2 Å². The number of aryl methyl sites for hydroxylation is 2. The van der Waals surface area contributed by atoms with Gasteiger partial charge in [-0.2, -0.15) is 10.2 Å². The maximum absolute atomic E-state index is 12.8. The SMILES string of the molecule is Cc1nn(C)c(C)c1C1C=CC(O)=C(N=Nc2ccccc2)C1=O. The summed E-state index contributed by atoms with van der Waals surface area (Å²) >= 11 is 0. The lowest BCUT2D eigenvalue weighted by Gasteiger charge is -2.16. The number of Topliss-reactive ketones (excluding diaryl/α,β-unsaturated/α-hetero) is 1. The number of hydrogen-bond acceptors (Lipinski definition) is 5. The molecule has 1 aliphatic rings. The summed E-state index contributed by atoms with van der Waals surface area (Å²) in [5.74, 6) is -0.969. The van der Waals surface area contributed by atoms with Crippen molar-refractivity contribution in [3.05, 3.63) is 70.9 Å². The number of aliphatic hydroxyl groups is 1. The van der Waals surface area contributed by atoms with Crippen LogP contribution >= 0.6 is 0 Å². The zero-order chi connectivity index (χ0) is 17.3. The third kappa shape index (κ3) is 2.78. The van der Waals surface area contributed by atoms with E-state index in [0.717, 1.165) is 17.0 Å². The molecule has 0 bridgehead atoms. The fourth-order valence-electron chi connectivity index (χ4n) is 2.80.